The van der Waals surface area contributed by atoms with Crippen LogP contribution in [0.1, 0.15) is 88.0 Å². The van der Waals surface area contributed by atoms with E-state index in [1.807, 2.05) is 0 Å². The van der Waals surface area contributed by atoms with Crippen LogP contribution < -0.4 is 0 Å². The summed E-state index contributed by atoms with van der Waals surface area (Å²) in [7, 11) is -0.0441. The molecule has 1 atom stereocenters. The van der Waals surface area contributed by atoms with Crippen LogP contribution in [0.4, 0.5) is 0 Å². The van der Waals surface area contributed by atoms with E-state index >= 15 is 0 Å². The first-order chi connectivity index (χ1) is 14.5. The van der Waals surface area contributed by atoms with E-state index in [0.29, 0.717) is 24.2 Å². The standard InChI is InChI=1S/C25H56N4S2/c1-11-26(17-14-20-28(23(4)5)24(6)7)16-12-13-18-27(22(2)3)19-15-21-29(25(8)9)31(10)30/h22-25H,11-21H2,1-10H3. The molecule has 0 spiro atoms. The van der Waals surface area contributed by atoms with Gasteiger partial charge in [-0.15, -0.1) is 0 Å². The zero-order chi connectivity index (χ0) is 24.0. The Hall–Kier alpha value is 0.410. The molecule has 0 heterocycles. The summed E-state index contributed by atoms with van der Waals surface area (Å²) in [6.07, 6.45) is 7.26. The Morgan fingerprint density at radius 1 is 0.613 bits per heavy atom. The van der Waals surface area contributed by atoms with Crippen molar-refractivity contribution in [2.45, 2.75) is 112 Å². The van der Waals surface area contributed by atoms with Crippen molar-refractivity contribution in [3.63, 3.8) is 0 Å². The maximum atomic E-state index is 5.53. The first-order valence-corrected chi connectivity index (χ1v) is 15.3. The molecule has 0 aromatic heterocycles. The quantitative estimate of drug-likeness (QED) is 0.242. The summed E-state index contributed by atoms with van der Waals surface area (Å²) in [5, 5.41) is 0. The second-order valence-electron chi connectivity index (χ2n) is 10.1. The third-order valence-corrected chi connectivity index (χ3v) is 8.13. The zero-order valence-electron chi connectivity index (χ0n) is 22.7. The summed E-state index contributed by atoms with van der Waals surface area (Å²) in [6, 6.07) is 2.45. The van der Waals surface area contributed by atoms with Crippen LogP contribution in [-0.4, -0.2) is 95.2 Å². The fraction of sp³-hybridized carbons (Fsp3) is 1.00. The van der Waals surface area contributed by atoms with Gasteiger partial charge in [0.05, 0.1) is 0 Å². The molecule has 0 saturated carbocycles. The lowest BCUT2D eigenvalue weighted by Gasteiger charge is -2.31. The topological polar surface area (TPSA) is 13.0 Å². The summed E-state index contributed by atoms with van der Waals surface area (Å²) in [5.74, 6) is 0. The Kier molecular flexibility index (Phi) is 18.1. The summed E-state index contributed by atoms with van der Waals surface area (Å²) in [4.78, 5) is 7.92. The minimum Gasteiger partial charge on any atom is -0.304 e. The number of hydrogen-bond donors (Lipinski definition) is 0. The summed E-state index contributed by atoms with van der Waals surface area (Å²) < 4.78 is 2.46. The summed E-state index contributed by atoms with van der Waals surface area (Å²) in [6.45, 7) is 29.1. The van der Waals surface area contributed by atoms with E-state index in [-0.39, 0.29) is 9.64 Å². The van der Waals surface area contributed by atoms with Crippen molar-refractivity contribution in [2.24, 2.45) is 0 Å². The van der Waals surface area contributed by atoms with Gasteiger partial charge in [0.15, 0.2) is 0 Å². The van der Waals surface area contributed by atoms with Gasteiger partial charge in [0.1, 0.15) is 0 Å². The van der Waals surface area contributed by atoms with E-state index in [2.05, 4.69) is 87.6 Å². The highest BCUT2D eigenvalue weighted by Gasteiger charge is 2.15. The molecule has 0 radical (unpaired) electrons. The summed E-state index contributed by atoms with van der Waals surface area (Å²) >= 11 is 5.53. The van der Waals surface area contributed by atoms with Crippen molar-refractivity contribution in [3.8, 4) is 0 Å². The average Bonchev–Trinajstić information content (AvgIpc) is 2.66. The fourth-order valence-corrected chi connectivity index (χ4v) is 6.13. The molecular weight excluding hydrogens is 420 g/mol. The molecule has 0 saturated heterocycles. The molecule has 1 unspecified atom stereocenters. The van der Waals surface area contributed by atoms with E-state index in [4.69, 9.17) is 11.2 Å². The SMILES string of the molecule is CCN(CCCCN(CCCN(C(C)C)S(C)=S)C(C)C)CCCN(C(C)C)C(C)C. The Morgan fingerprint density at radius 3 is 1.55 bits per heavy atom. The fourth-order valence-electron chi connectivity index (χ4n) is 4.41. The van der Waals surface area contributed by atoms with Crippen molar-refractivity contribution in [1.82, 2.24) is 19.0 Å². The minimum absolute atomic E-state index is 0.0441. The highest BCUT2D eigenvalue weighted by atomic mass is 32.8. The molecule has 0 aliphatic rings. The van der Waals surface area contributed by atoms with Crippen molar-refractivity contribution in [3.05, 3.63) is 0 Å². The van der Waals surface area contributed by atoms with Crippen LogP contribution in [-0.2, 0) is 20.8 Å². The molecule has 0 aromatic carbocycles. The zero-order valence-corrected chi connectivity index (χ0v) is 24.3. The first kappa shape index (κ1) is 31.4. The van der Waals surface area contributed by atoms with Crippen molar-refractivity contribution < 1.29 is 0 Å². The lowest BCUT2D eigenvalue weighted by Crippen LogP contribution is -2.39. The van der Waals surface area contributed by atoms with Crippen LogP contribution in [0.15, 0.2) is 0 Å². The molecule has 0 fully saturated rings. The Balaban J connectivity index is 4.25. The van der Waals surface area contributed by atoms with Crippen molar-refractivity contribution >= 4 is 20.8 Å². The third-order valence-electron chi connectivity index (χ3n) is 6.29. The molecule has 0 aliphatic heterocycles. The molecule has 31 heavy (non-hydrogen) atoms. The van der Waals surface area contributed by atoms with Gasteiger partial charge in [0, 0.05) is 37.0 Å². The molecule has 0 aromatic rings. The van der Waals surface area contributed by atoms with E-state index in [1.165, 1.54) is 65.0 Å². The number of hydrogen-bond acceptors (Lipinski definition) is 4. The Morgan fingerprint density at radius 2 is 1.10 bits per heavy atom. The predicted octanol–water partition coefficient (Wildman–Crippen LogP) is 5.03. The van der Waals surface area contributed by atoms with Gasteiger partial charge >= 0.3 is 0 Å². The van der Waals surface area contributed by atoms with Crippen LogP contribution in [0.5, 0.6) is 0 Å². The van der Waals surface area contributed by atoms with Gasteiger partial charge in [-0.25, -0.2) is 4.31 Å². The second-order valence-corrected chi connectivity index (χ2v) is 12.8. The highest BCUT2D eigenvalue weighted by molar-refractivity contribution is 8.27. The smallest absolute Gasteiger partial charge is 0.0148 e. The van der Waals surface area contributed by atoms with Crippen LogP contribution in [0.2, 0.25) is 0 Å². The van der Waals surface area contributed by atoms with Gasteiger partial charge in [0.25, 0.3) is 0 Å². The molecule has 188 valence electrons. The van der Waals surface area contributed by atoms with Gasteiger partial charge in [-0.05, 0) is 132 Å². The van der Waals surface area contributed by atoms with E-state index < -0.39 is 0 Å². The van der Waals surface area contributed by atoms with Crippen LogP contribution in [0.3, 0.4) is 0 Å². The molecule has 0 rings (SSSR count). The maximum Gasteiger partial charge on any atom is 0.0148 e. The van der Waals surface area contributed by atoms with Crippen molar-refractivity contribution in [2.75, 3.05) is 52.1 Å². The average molecular weight is 477 g/mol. The van der Waals surface area contributed by atoms with E-state index in [1.54, 1.807) is 0 Å². The normalized spacial score (nSPS) is 14.0. The number of unbranched alkanes of at least 4 members (excludes halogenated alkanes) is 1. The molecule has 0 amide bonds. The number of nitrogens with zero attached hydrogens (tertiary/aromatic N) is 4. The maximum absolute atomic E-state index is 5.53. The lowest BCUT2D eigenvalue weighted by molar-refractivity contribution is 0.159. The van der Waals surface area contributed by atoms with Crippen LogP contribution >= 0.6 is 0 Å². The van der Waals surface area contributed by atoms with Crippen molar-refractivity contribution in [1.29, 1.82) is 0 Å². The van der Waals surface area contributed by atoms with Gasteiger partial charge in [-0.1, -0.05) is 16.6 Å². The van der Waals surface area contributed by atoms with Gasteiger partial charge in [-0.3, -0.25) is 4.90 Å². The van der Waals surface area contributed by atoms with Crippen LogP contribution in [0.25, 0.3) is 0 Å². The predicted molar refractivity (Wildman–Crippen MR) is 147 cm³/mol. The van der Waals surface area contributed by atoms with Gasteiger partial charge in [-0.2, -0.15) is 0 Å². The van der Waals surface area contributed by atoms with E-state index in [9.17, 15) is 0 Å². The molecule has 0 aliphatic carbocycles. The molecule has 0 bridgehead atoms. The third kappa shape index (κ3) is 14.3. The van der Waals surface area contributed by atoms with E-state index in [0.717, 1.165) is 6.54 Å². The van der Waals surface area contributed by atoms with Gasteiger partial charge in [0.2, 0.25) is 0 Å². The number of rotatable bonds is 19. The molecule has 6 heteroatoms. The minimum atomic E-state index is -0.0441. The lowest BCUT2D eigenvalue weighted by atomic mass is 10.2. The largest absolute Gasteiger partial charge is 0.304 e. The van der Waals surface area contributed by atoms with Gasteiger partial charge < -0.3 is 9.80 Å². The Bertz CT molecular complexity index is 447. The highest BCUT2D eigenvalue weighted by Crippen LogP contribution is 2.09. The first-order valence-electron chi connectivity index (χ1n) is 12.8. The summed E-state index contributed by atoms with van der Waals surface area (Å²) in [5.41, 5.74) is 0. The Labute approximate surface area is 203 Å². The monoisotopic (exact) mass is 476 g/mol. The second kappa shape index (κ2) is 17.8. The van der Waals surface area contributed by atoms with Crippen LogP contribution in [0, 0.1) is 0 Å². The molecule has 4 nitrogen and oxygen atoms in total. The molecule has 0 N–H and O–H groups in total. The molecular formula is C25H56N4S2.